The standard InChI is InChI=1S/2C29H30N6O5.C26H23ClN6O4/c1-15-19(6-8-22-25(15)39-16(2)32-22)20-14-31-26-24(20)28(40-18-9-11-38-12-10-18)35-29(34-26)33-21-7-5-17(27(36)30-3)13-23(21)37-4;1-15-11-22-24(39-16(2)32-22)13-19(15)20-14-31-26-25(20)28(40-18-7-9-38-10-8-18)35-29(34-26)33-21-6-5-17(27(36)30-3)12-23(21)37-4;1-13-30-20-6-3-14(10-21(20)36-13)17-11-29-23-22(17)25(37-16-7-8-35-12-16)33-26(32-23)31-19-5-4-15(9-18(19)27)24(34)28-2/h5-8,13-14,18H,9-12H2,1-4H3,(H,30,36)(H2,31,33,34,35);5-6,11-14,18H,7-10H2,1-4H3,(H,30,36)(H2,31,33,34,35);3-6,9-11,16H,7-8,12H2,1-2H3,(H,28,34)(H2,29,31,32,33)/t;;16-/m..0/s1. The van der Waals surface area contributed by atoms with E-state index in [9.17, 15) is 14.4 Å². The van der Waals surface area contributed by atoms with Crippen LogP contribution in [0.5, 0.6) is 29.1 Å². The number of carbonyl (C=O) groups is 3. The number of H-pyrrole nitrogens is 3. The second-order valence-electron chi connectivity index (χ2n) is 28.0. The van der Waals surface area contributed by atoms with E-state index in [-0.39, 0.29) is 36.0 Å². The number of hydrogen-bond donors (Lipinski definition) is 9. The number of fused-ring (bicyclic) bond motifs is 6. The third kappa shape index (κ3) is 16.4. The molecule has 0 bridgehead atoms. The Morgan fingerprint density at radius 1 is 0.427 bits per heavy atom. The van der Waals surface area contributed by atoms with Gasteiger partial charge in [-0.25, -0.2) is 15.0 Å². The van der Waals surface area contributed by atoms with Gasteiger partial charge in [0.2, 0.25) is 35.5 Å². The second kappa shape index (κ2) is 33.6. The van der Waals surface area contributed by atoms with Gasteiger partial charge in [-0.3, -0.25) is 14.4 Å². The Morgan fingerprint density at radius 2 is 0.863 bits per heavy atom. The Kier molecular flexibility index (Phi) is 22.2. The molecule has 15 aromatic rings. The Bertz CT molecular complexity index is 6100. The van der Waals surface area contributed by atoms with Crippen LogP contribution in [0, 0.1) is 34.6 Å². The number of amides is 3. The molecule has 0 unspecified atom stereocenters. The number of aromatic nitrogens is 12. The van der Waals surface area contributed by atoms with Crippen LogP contribution in [0.15, 0.2) is 129 Å². The van der Waals surface area contributed by atoms with E-state index < -0.39 is 0 Å². The fraction of sp³-hybridized carbons (Fsp3) is 0.286. The molecule has 0 saturated carbocycles. The van der Waals surface area contributed by atoms with Crippen LogP contribution in [-0.2, 0) is 14.2 Å². The van der Waals surface area contributed by atoms with Gasteiger partial charge < -0.3 is 98.0 Å². The maximum atomic E-state index is 12.1. The highest BCUT2D eigenvalue weighted by molar-refractivity contribution is 6.33. The molecule has 0 spiro atoms. The minimum Gasteiger partial charge on any atom is -0.495 e. The van der Waals surface area contributed by atoms with Crippen LogP contribution in [0.3, 0.4) is 0 Å². The zero-order valence-electron chi connectivity index (χ0n) is 65.6. The molecule has 3 fully saturated rings. The number of methoxy groups -OCH3 is 2. The number of halogens is 1. The summed E-state index contributed by atoms with van der Waals surface area (Å²) in [6.07, 6.45) is 9.34. The largest absolute Gasteiger partial charge is 0.495 e. The molecule has 12 heterocycles. The number of aromatic amines is 3. The molecular formula is C84H83ClN18O14. The summed E-state index contributed by atoms with van der Waals surface area (Å²) in [4.78, 5) is 87.8. The van der Waals surface area contributed by atoms with E-state index in [0.717, 1.165) is 115 Å². The third-order valence-corrected chi connectivity index (χ3v) is 20.6. The molecule has 0 radical (unpaired) electrons. The molecule has 117 heavy (non-hydrogen) atoms. The van der Waals surface area contributed by atoms with E-state index in [2.05, 4.69) is 66.8 Å². The number of carbonyl (C=O) groups excluding carboxylic acids is 3. The van der Waals surface area contributed by atoms with E-state index in [0.29, 0.717) is 171 Å². The predicted octanol–water partition coefficient (Wildman–Crippen LogP) is 15.1. The molecule has 600 valence electrons. The van der Waals surface area contributed by atoms with Crippen molar-refractivity contribution in [2.24, 2.45) is 0 Å². The van der Waals surface area contributed by atoms with E-state index in [1.807, 2.05) is 95.7 Å². The van der Waals surface area contributed by atoms with Crippen molar-refractivity contribution in [2.45, 2.75) is 85.0 Å². The van der Waals surface area contributed by atoms with E-state index in [1.165, 1.54) is 0 Å². The molecule has 3 aliphatic heterocycles. The first-order valence-corrected chi connectivity index (χ1v) is 38.4. The van der Waals surface area contributed by atoms with Crippen LogP contribution < -0.4 is 55.6 Å². The van der Waals surface area contributed by atoms with Gasteiger partial charge >= 0.3 is 0 Å². The van der Waals surface area contributed by atoms with Crippen molar-refractivity contribution in [3.8, 4) is 62.5 Å². The SMILES string of the molecule is CNC(=O)c1ccc(Nc2nc(OC3CCOCC3)c3c(-c4cc5oc(C)nc5cc4C)c[nH]c3n2)c(OC)c1.CNC(=O)c1ccc(Nc2nc(OC3CCOCC3)c3c(-c4ccc5nc(C)oc5c4C)c[nH]c3n2)c(OC)c1.CNC(=O)c1ccc(Nc2nc(O[C@H]3CCOC3)c3c(-c4ccc5nc(C)oc5c4)c[nH]c3n2)c(Cl)c1. The summed E-state index contributed by atoms with van der Waals surface area (Å²) in [6, 6.07) is 29.1. The first-order valence-electron chi connectivity index (χ1n) is 38.0. The van der Waals surface area contributed by atoms with Crippen LogP contribution in [0.1, 0.15) is 92.0 Å². The second-order valence-corrected chi connectivity index (χ2v) is 28.4. The fourth-order valence-electron chi connectivity index (χ4n) is 14.4. The maximum absolute atomic E-state index is 12.1. The lowest BCUT2D eigenvalue weighted by molar-refractivity contribution is 0.0242. The molecule has 33 heteroatoms. The topological polar surface area (TPSA) is 400 Å². The van der Waals surface area contributed by atoms with Crippen molar-refractivity contribution >= 4 is 131 Å². The molecule has 18 rings (SSSR count). The molecular weight excluding hydrogens is 1520 g/mol. The third-order valence-electron chi connectivity index (χ3n) is 20.3. The number of nitrogens with one attached hydrogen (secondary N) is 9. The highest BCUT2D eigenvalue weighted by Gasteiger charge is 2.29. The fourth-order valence-corrected chi connectivity index (χ4v) is 14.6. The van der Waals surface area contributed by atoms with Crippen molar-refractivity contribution in [3.63, 3.8) is 0 Å². The summed E-state index contributed by atoms with van der Waals surface area (Å²) in [6.45, 7) is 13.2. The Morgan fingerprint density at radius 3 is 1.38 bits per heavy atom. The van der Waals surface area contributed by atoms with Gasteiger partial charge in [-0.2, -0.15) is 29.9 Å². The average molecular weight is 1600 g/mol. The van der Waals surface area contributed by atoms with Crippen molar-refractivity contribution in [2.75, 3.05) is 91.0 Å². The number of nitrogens with zero attached hydrogens (tertiary/aromatic N) is 9. The van der Waals surface area contributed by atoms with Crippen LogP contribution in [0.2, 0.25) is 5.02 Å². The minimum absolute atomic E-state index is 0.0377. The van der Waals surface area contributed by atoms with Gasteiger partial charge in [-0.1, -0.05) is 23.7 Å². The predicted molar refractivity (Wildman–Crippen MR) is 441 cm³/mol. The Hall–Kier alpha value is -13.4. The zero-order chi connectivity index (χ0) is 81.1. The Labute approximate surface area is 673 Å². The molecule has 1 atom stereocenters. The maximum Gasteiger partial charge on any atom is 0.251 e. The number of anilines is 6. The van der Waals surface area contributed by atoms with E-state index >= 15 is 0 Å². The van der Waals surface area contributed by atoms with Crippen LogP contribution in [-0.4, -0.2) is 171 Å². The highest BCUT2D eigenvalue weighted by atomic mass is 35.5. The lowest BCUT2D eigenvalue weighted by Crippen LogP contribution is -2.26. The number of ether oxygens (including phenoxy) is 8. The molecule has 9 aromatic heterocycles. The molecule has 3 amide bonds. The van der Waals surface area contributed by atoms with Gasteiger partial charge in [-0.05, 0) is 121 Å². The van der Waals surface area contributed by atoms with Gasteiger partial charge in [0.1, 0.15) is 63.3 Å². The monoisotopic (exact) mass is 1600 g/mol. The summed E-state index contributed by atoms with van der Waals surface area (Å²) in [5.41, 5.74) is 17.2. The van der Waals surface area contributed by atoms with Gasteiger partial charge in [-0.15, -0.1) is 0 Å². The van der Waals surface area contributed by atoms with Gasteiger partial charge in [0.25, 0.3) is 17.7 Å². The van der Waals surface area contributed by atoms with E-state index in [1.54, 1.807) is 90.0 Å². The van der Waals surface area contributed by atoms with Crippen LogP contribution >= 0.6 is 11.6 Å². The van der Waals surface area contributed by atoms with Crippen molar-refractivity contribution in [3.05, 3.63) is 166 Å². The number of hydrogen-bond acceptors (Lipinski definition) is 26. The van der Waals surface area contributed by atoms with Gasteiger partial charge in [0.05, 0.1) is 92.1 Å². The Balaban J connectivity index is 0.000000132. The number of rotatable bonds is 20. The molecule has 3 saturated heterocycles. The lowest BCUT2D eigenvalue weighted by Gasteiger charge is -2.23. The van der Waals surface area contributed by atoms with Crippen LogP contribution in [0.25, 0.3) is 99.8 Å². The smallest absolute Gasteiger partial charge is 0.251 e. The number of aryl methyl sites for hydroxylation is 5. The zero-order valence-corrected chi connectivity index (χ0v) is 66.4. The minimum atomic E-state index is -0.224. The van der Waals surface area contributed by atoms with Crippen molar-refractivity contribution in [1.29, 1.82) is 0 Å². The quantitative estimate of drug-likeness (QED) is 0.0342. The summed E-state index contributed by atoms with van der Waals surface area (Å²) >= 11 is 6.44. The molecule has 3 aliphatic rings. The molecule has 32 nitrogen and oxygen atoms in total. The first-order chi connectivity index (χ1) is 56.9. The summed E-state index contributed by atoms with van der Waals surface area (Å²) in [5, 5.41) is 20.1. The molecule has 9 N–H and O–H groups in total. The molecule has 6 aromatic carbocycles. The summed E-state index contributed by atoms with van der Waals surface area (Å²) < 4.78 is 64.4. The summed E-state index contributed by atoms with van der Waals surface area (Å²) in [7, 11) is 7.83. The van der Waals surface area contributed by atoms with Gasteiger partial charge in [0, 0.05) is 132 Å². The summed E-state index contributed by atoms with van der Waals surface area (Å²) in [5.74, 6) is 4.47. The van der Waals surface area contributed by atoms with Crippen molar-refractivity contribution in [1.82, 2.24) is 75.8 Å². The van der Waals surface area contributed by atoms with Gasteiger partial charge in [0.15, 0.2) is 34.4 Å². The normalized spacial score (nSPS) is 14.4. The first kappa shape index (κ1) is 77.5. The lowest BCUT2D eigenvalue weighted by atomic mass is 10.00. The highest BCUT2D eigenvalue weighted by Crippen LogP contribution is 2.44. The number of benzene rings is 6. The average Bonchev–Trinajstić information content (AvgIpc) is 1.68. The molecule has 0 aliphatic carbocycles. The van der Waals surface area contributed by atoms with Crippen LogP contribution in [0.4, 0.5) is 34.9 Å². The van der Waals surface area contributed by atoms with Crippen molar-refractivity contribution < 1.29 is 65.5 Å². The number of oxazole rings is 3. The van der Waals surface area contributed by atoms with E-state index in [4.69, 9.17) is 87.7 Å².